The Hall–Kier alpha value is -4.00. The van der Waals surface area contributed by atoms with E-state index in [1.807, 2.05) is 85.6 Å². The van der Waals surface area contributed by atoms with Gasteiger partial charge in [-0.1, -0.05) is 30.3 Å². The predicted octanol–water partition coefficient (Wildman–Crippen LogP) is 5.15. The highest BCUT2D eigenvalue weighted by Gasteiger charge is 2.27. The maximum absolute atomic E-state index is 13.2. The molecule has 2 aromatic carbocycles. The van der Waals surface area contributed by atoms with Gasteiger partial charge in [0.15, 0.2) is 0 Å². The second-order valence-corrected chi connectivity index (χ2v) is 8.99. The van der Waals surface area contributed by atoms with Gasteiger partial charge in [0.1, 0.15) is 17.4 Å². The first-order valence-corrected chi connectivity index (χ1v) is 12.0. The number of carbonyl (C=O) groups is 1. The van der Waals surface area contributed by atoms with Crippen LogP contribution in [0.1, 0.15) is 52.0 Å². The molecule has 1 aliphatic heterocycles. The summed E-state index contributed by atoms with van der Waals surface area (Å²) in [4.78, 5) is 28.8. The molecule has 0 N–H and O–H groups in total. The first kappa shape index (κ1) is 22.8. The molecule has 178 valence electrons. The maximum Gasteiger partial charge on any atom is 0.253 e. The fourth-order valence-corrected chi connectivity index (χ4v) is 4.50. The molecule has 1 saturated heterocycles. The third-order valence-electron chi connectivity index (χ3n) is 6.41. The molecule has 3 heterocycles. The van der Waals surface area contributed by atoms with Crippen molar-refractivity contribution in [3.8, 4) is 11.6 Å². The largest absolute Gasteiger partial charge is 0.439 e. The van der Waals surface area contributed by atoms with Crippen LogP contribution < -0.4 is 4.74 Å². The summed E-state index contributed by atoms with van der Waals surface area (Å²) in [5.41, 5.74) is 2.69. The van der Waals surface area contributed by atoms with Crippen molar-refractivity contribution >= 4 is 5.91 Å². The SMILES string of the molecule is Cc1cc(Oc2ccccc2)nc(C2CCN(C(=O)c3cccc(Cn4ccnc4C)c3)CC2)n1. The molecule has 2 aromatic heterocycles. The topological polar surface area (TPSA) is 73.1 Å². The van der Waals surface area contributed by atoms with E-state index >= 15 is 0 Å². The second kappa shape index (κ2) is 10.1. The van der Waals surface area contributed by atoms with Crippen molar-refractivity contribution < 1.29 is 9.53 Å². The summed E-state index contributed by atoms with van der Waals surface area (Å²) in [5.74, 6) is 3.34. The molecule has 0 unspecified atom stereocenters. The Morgan fingerprint density at radius 1 is 1.00 bits per heavy atom. The molecule has 0 bridgehead atoms. The highest BCUT2D eigenvalue weighted by Crippen LogP contribution is 2.29. The van der Waals surface area contributed by atoms with E-state index in [4.69, 9.17) is 9.72 Å². The number of hydrogen-bond donors (Lipinski definition) is 0. The van der Waals surface area contributed by atoms with Gasteiger partial charge in [0.25, 0.3) is 5.91 Å². The highest BCUT2D eigenvalue weighted by atomic mass is 16.5. The van der Waals surface area contributed by atoms with Gasteiger partial charge >= 0.3 is 0 Å². The van der Waals surface area contributed by atoms with Gasteiger partial charge in [0.05, 0.1) is 0 Å². The van der Waals surface area contributed by atoms with E-state index < -0.39 is 0 Å². The normalized spacial score (nSPS) is 14.2. The number of piperidine rings is 1. The Morgan fingerprint density at radius 3 is 2.54 bits per heavy atom. The van der Waals surface area contributed by atoms with Crippen LogP contribution in [-0.4, -0.2) is 43.4 Å². The van der Waals surface area contributed by atoms with Gasteiger partial charge < -0.3 is 14.2 Å². The molecule has 0 spiro atoms. The number of aryl methyl sites for hydroxylation is 2. The zero-order valence-electron chi connectivity index (χ0n) is 20.1. The Bertz CT molecular complexity index is 1310. The van der Waals surface area contributed by atoms with E-state index in [9.17, 15) is 4.79 Å². The van der Waals surface area contributed by atoms with Gasteiger partial charge in [-0.15, -0.1) is 0 Å². The molecule has 0 aliphatic carbocycles. The fraction of sp³-hybridized carbons (Fsp3) is 0.286. The quantitative estimate of drug-likeness (QED) is 0.392. The van der Waals surface area contributed by atoms with Crippen LogP contribution in [0, 0.1) is 13.8 Å². The molecule has 0 radical (unpaired) electrons. The van der Waals surface area contributed by atoms with Gasteiger partial charge in [-0.3, -0.25) is 4.79 Å². The summed E-state index contributed by atoms with van der Waals surface area (Å²) in [6.07, 6.45) is 5.41. The molecule has 7 nitrogen and oxygen atoms in total. The van der Waals surface area contributed by atoms with Crippen molar-refractivity contribution in [3.05, 3.63) is 102 Å². The number of likely N-dealkylation sites (tertiary alicyclic amines) is 1. The Kier molecular flexibility index (Phi) is 6.57. The molecule has 1 amide bonds. The lowest BCUT2D eigenvalue weighted by molar-refractivity contribution is 0.0710. The van der Waals surface area contributed by atoms with Crippen molar-refractivity contribution in [2.75, 3.05) is 13.1 Å². The van der Waals surface area contributed by atoms with Crippen LogP contribution in [0.2, 0.25) is 0 Å². The van der Waals surface area contributed by atoms with Crippen LogP contribution in [-0.2, 0) is 6.54 Å². The van der Waals surface area contributed by atoms with E-state index in [2.05, 4.69) is 14.5 Å². The number of carbonyl (C=O) groups excluding carboxylic acids is 1. The van der Waals surface area contributed by atoms with E-state index in [-0.39, 0.29) is 11.8 Å². The van der Waals surface area contributed by atoms with Crippen molar-refractivity contribution in [2.45, 2.75) is 39.2 Å². The number of aromatic nitrogens is 4. The monoisotopic (exact) mass is 467 g/mol. The first-order valence-electron chi connectivity index (χ1n) is 12.0. The van der Waals surface area contributed by atoms with Crippen molar-refractivity contribution in [2.24, 2.45) is 0 Å². The van der Waals surface area contributed by atoms with Crippen LogP contribution in [0.15, 0.2) is 73.1 Å². The molecule has 35 heavy (non-hydrogen) atoms. The minimum Gasteiger partial charge on any atom is -0.439 e. The smallest absolute Gasteiger partial charge is 0.253 e. The third kappa shape index (κ3) is 5.40. The average molecular weight is 468 g/mol. The van der Waals surface area contributed by atoms with E-state index in [1.54, 1.807) is 6.20 Å². The molecule has 1 fully saturated rings. The number of hydrogen-bond acceptors (Lipinski definition) is 5. The Balaban J connectivity index is 1.23. The summed E-state index contributed by atoms with van der Waals surface area (Å²) < 4.78 is 8.02. The van der Waals surface area contributed by atoms with Crippen molar-refractivity contribution in [3.63, 3.8) is 0 Å². The van der Waals surface area contributed by atoms with E-state index in [0.717, 1.165) is 47.1 Å². The predicted molar refractivity (Wildman–Crippen MR) is 134 cm³/mol. The third-order valence-corrected chi connectivity index (χ3v) is 6.41. The Morgan fingerprint density at radius 2 is 1.80 bits per heavy atom. The van der Waals surface area contributed by atoms with Gasteiger partial charge in [-0.25, -0.2) is 9.97 Å². The average Bonchev–Trinajstić information content (AvgIpc) is 3.28. The minimum atomic E-state index is 0.0749. The van der Waals surface area contributed by atoms with Gasteiger partial charge in [0, 0.05) is 55.3 Å². The summed E-state index contributed by atoms with van der Waals surface area (Å²) in [5, 5.41) is 0. The van der Waals surface area contributed by atoms with Crippen molar-refractivity contribution in [1.29, 1.82) is 0 Å². The number of benzene rings is 2. The molecular formula is C28H29N5O2. The lowest BCUT2D eigenvalue weighted by Gasteiger charge is -2.31. The molecule has 1 aliphatic rings. The fourth-order valence-electron chi connectivity index (χ4n) is 4.50. The van der Waals surface area contributed by atoms with Crippen LogP contribution >= 0.6 is 0 Å². The van der Waals surface area contributed by atoms with Gasteiger partial charge in [0.2, 0.25) is 5.88 Å². The first-order chi connectivity index (χ1) is 17.0. The summed E-state index contributed by atoms with van der Waals surface area (Å²) >= 11 is 0. The van der Waals surface area contributed by atoms with Gasteiger partial charge in [-0.05, 0) is 56.5 Å². The van der Waals surface area contributed by atoms with Crippen LogP contribution in [0.4, 0.5) is 0 Å². The maximum atomic E-state index is 13.2. The summed E-state index contributed by atoms with van der Waals surface area (Å²) in [7, 11) is 0. The van der Waals surface area contributed by atoms with Crippen LogP contribution in [0.3, 0.4) is 0 Å². The van der Waals surface area contributed by atoms with Crippen molar-refractivity contribution in [1.82, 2.24) is 24.4 Å². The molecule has 0 atom stereocenters. The lowest BCUT2D eigenvalue weighted by atomic mass is 9.95. The summed E-state index contributed by atoms with van der Waals surface area (Å²) in [6, 6.07) is 19.4. The summed E-state index contributed by atoms with van der Waals surface area (Å²) in [6.45, 7) is 6.00. The van der Waals surface area contributed by atoms with Crippen LogP contribution in [0.5, 0.6) is 11.6 Å². The zero-order valence-corrected chi connectivity index (χ0v) is 20.1. The molecule has 0 saturated carbocycles. The molecule has 4 aromatic rings. The zero-order chi connectivity index (χ0) is 24.2. The molecular weight excluding hydrogens is 438 g/mol. The van der Waals surface area contributed by atoms with Gasteiger partial charge in [-0.2, -0.15) is 4.98 Å². The molecule has 5 rings (SSSR count). The number of imidazole rings is 1. The van der Waals surface area contributed by atoms with E-state index in [0.29, 0.717) is 25.5 Å². The standard InChI is InChI=1S/C28H29N5O2/c1-20-17-26(35-25-9-4-3-5-10-25)31-27(30-20)23-11-14-32(15-12-23)28(34)24-8-6-7-22(18-24)19-33-16-13-29-21(33)2/h3-10,13,16-18,23H,11-12,14-15,19H2,1-2H3. The van der Waals surface area contributed by atoms with Crippen LogP contribution in [0.25, 0.3) is 0 Å². The second-order valence-electron chi connectivity index (χ2n) is 8.99. The van der Waals surface area contributed by atoms with E-state index in [1.165, 1.54) is 0 Å². The number of ether oxygens (including phenoxy) is 1. The minimum absolute atomic E-state index is 0.0749. The Labute approximate surface area is 205 Å². The lowest BCUT2D eigenvalue weighted by Crippen LogP contribution is -2.38. The highest BCUT2D eigenvalue weighted by molar-refractivity contribution is 5.94. The molecule has 7 heteroatoms. The number of para-hydroxylation sites is 1. The number of amides is 1. The number of rotatable bonds is 6. The number of nitrogens with zero attached hydrogens (tertiary/aromatic N) is 5.